The Hall–Kier alpha value is -1.33. The molecule has 5 heteroatoms. The van der Waals surface area contributed by atoms with Crippen molar-refractivity contribution in [1.82, 2.24) is 4.72 Å². The highest BCUT2D eigenvalue weighted by Crippen LogP contribution is 2.16. The first-order valence-electron chi connectivity index (χ1n) is 5.61. The summed E-state index contributed by atoms with van der Waals surface area (Å²) in [6.07, 6.45) is 6.63. The van der Waals surface area contributed by atoms with Gasteiger partial charge in [-0.1, -0.05) is 12.2 Å². The van der Waals surface area contributed by atoms with Crippen molar-refractivity contribution in [3.05, 3.63) is 36.4 Å². The second-order valence-electron chi connectivity index (χ2n) is 4.17. The monoisotopic (exact) mass is 252 g/mol. The summed E-state index contributed by atoms with van der Waals surface area (Å²) in [4.78, 5) is 0.265. The van der Waals surface area contributed by atoms with Gasteiger partial charge in [-0.05, 0) is 43.5 Å². The van der Waals surface area contributed by atoms with E-state index >= 15 is 0 Å². The molecular weight excluding hydrogens is 236 g/mol. The zero-order valence-corrected chi connectivity index (χ0v) is 10.3. The second-order valence-corrected chi connectivity index (χ2v) is 5.89. The average molecular weight is 252 g/mol. The highest BCUT2D eigenvalue weighted by molar-refractivity contribution is 7.89. The van der Waals surface area contributed by atoms with Crippen LogP contribution in [0.3, 0.4) is 0 Å². The van der Waals surface area contributed by atoms with Crippen molar-refractivity contribution < 1.29 is 8.42 Å². The summed E-state index contributed by atoms with van der Waals surface area (Å²) in [7, 11) is -3.42. The van der Waals surface area contributed by atoms with Crippen LogP contribution in [0.2, 0.25) is 0 Å². The largest absolute Gasteiger partial charge is 0.399 e. The molecule has 0 saturated carbocycles. The number of nitrogens with two attached hydrogens (primary N) is 1. The third-order valence-electron chi connectivity index (χ3n) is 2.78. The third-order valence-corrected chi connectivity index (χ3v) is 4.32. The molecular formula is C12H16N2O2S. The number of hydrogen-bond acceptors (Lipinski definition) is 3. The zero-order chi connectivity index (χ0) is 12.3. The fourth-order valence-corrected chi connectivity index (χ4v) is 3.12. The molecule has 0 radical (unpaired) electrons. The van der Waals surface area contributed by atoms with E-state index < -0.39 is 10.0 Å². The van der Waals surface area contributed by atoms with Gasteiger partial charge in [0.2, 0.25) is 10.0 Å². The van der Waals surface area contributed by atoms with Gasteiger partial charge in [0.05, 0.1) is 4.90 Å². The molecule has 2 rings (SSSR count). The molecule has 4 nitrogen and oxygen atoms in total. The van der Waals surface area contributed by atoms with Gasteiger partial charge >= 0.3 is 0 Å². The van der Waals surface area contributed by atoms with E-state index in [4.69, 9.17) is 5.73 Å². The molecule has 0 spiro atoms. The first-order valence-corrected chi connectivity index (χ1v) is 7.09. The van der Waals surface area contributed by atoms with Crippen molar-refractivity contribution in [3.63, 3.8) is 0 Å². The van der Waals surface area contributed by atoms with Gasteiger partial charge in [0.15, 0.2) is 0 Å². The van der Waals surface area contributed by atoms with Gasteiger partial charge in [-0.25, -0.2) is 13.1 Å². The van der Waals surface area contributed by atoms with Crippen LogP contribution in [0.5, 0.6) is 0 Å². The topological polar surface area (TPSA) is 72.2 Å². The number of sulfonamides is 1. The van der Waals surface area contributed by atoms with E-state index in [-0.39, 0.29) is 10.9 Å². The lowest BCUT2D eigenvalue weighted by Gasteiger charge is -2.19. The van der Waals surface area contributed by atoms with E-state index in [0.717, 1.165) is 19.3 Å². The minimum absolute atomic E-state index is 0.00236. The van der Waals surface area contributed by atoms with Crippen LogP contribution < -0.4 is 10.5 Å². The molecule has 1 atom stereocenters. The molecule has 1 aromatic carbocycles. The summed E-state index contributed by atoms with van der Waals surface area (Å²) in [5, 5.41) is 0. The lowest BCUT2D eigenvalue weighted by Crippen LogP contribution is -2.35. The third kappa shape index (κ3) is 3.08. The van der Waals surface area contributed by atoms with Crippen LogP contribution in [-0.2, 0) is 10.0 Å². The molecule has 1 aliphatic carbocycles. The summed E-state index contributed by atoms with van der Waals surface area (Å²) in [5.74, 6) is 0. The number of benzene rings is 1. The maximum atomic E-state index is 12.0. The fourth-order valence-electron chi connectivity index (χ4n) is 1.84. The van der Waals surface area contributed by atoms with Crippen molar-refractivity contribution in [2.75, 3.05) is 5.73 Å². The highest BCUT2D eigenvalue weighted by Gasteiger charge is 2.19. The molecule has 0 aromatic heterocycles. The molecule has 0 fully saturated rings. The minimum Gasteiger partial charge on any atom is -0.399 e. The van der Waals surface area contributed by atoms with Crippen molar-refractivity contribution >= 4 is 15.7 Å². The SMILES string of the molecule is Nc1ccc(S(=O)(=O)NC2CC=CCC2)cc1. The molecule has 0 amide bonds. The van der Waals surface area contributed by atoms with E-state index in [1.54, 1.807) is 12.1 Å². The van der Waals surface area contributed by atoms with E-state index in [2.05, 4.69) is 10.8 Å². The lowest BCUT2D eigenvalue weighted by atomic mass is 10.0. The Labute approximate surface area is 102 Å². The molecule has 0 bridgehead atoms. The lowest BCUT2D eigenvalue weighted by molar-refractivity contribution is 0.522. The molecule has 0 saturated heterocycles. The maximum absolute atomic E-state index is 12.0. The minimum atomic E-state index is -3.42. The Morgan fingerprint density at radius 1 is 1.18 bits per heavy atom. The summed E-state index contributed by atoms with van der Waals surface area (Å²) in [6.45, 7) is 0. The molecule has 1 unspecified atom stereocenters. The van der Waals surface area contributed by atoms with E-state index in [1.165, 1.54) is 12.1 Å². The Balaban J connectivity index is 2.13. The average Bonchev–Trinajstić information content (AvgIpc) is 2.30. The summed E-state index contributed by atoms with van der Waals surface area (Å²) < 4.78 is 26.8. The van der Waals surface area contributed by atoms with Crippen LogP contribution in [0.25, 0.3) is 0 Å². The molecule has 1 aromatic rings. The van der Waals surface area contributed by atoms with Gasteiger partial charge in [0.25, 0.3) is 0 Å². The fraction of sp³-hybridized carbons (Fsp3) is 0.333. The van der Waals surface area contributed by atoms with Crippen LogP contribution in [0.4, 0.5) is 5.69 Å². The number of allylic oxidation sites excluding steroid dienone is 1. The van der Waals surface area contributed by atoms with Gasteiger partial charge in [-0.2, -0.15) is 0 Å². The first-order chi connectivity index (χ1) is 8.08. The van der Waals surface area contributed by atoms with Crippen LogP contribution in [-0.4, -0.2) is 14.5 Å². The smallest absolute Gasteiger partial charge is 0.240 e. The first kappa shape index (κ1) is 12.1. The van der Waals surface area contributed by atoms with Gasteiger partial charge in [-0.3, -0.25) is 0 Å². The van der Waals surface area contributed by atoms with E-state index in [9.17, 15) is 8.42 Å². The van der Waals surface area contributed by atoms with Gasteiger partial charge in [-0.15, -0.1) is 0 Å². The normalized spacial score (nSPS) is 20.4. The Morgan fingerprint density at radius 2 is 1.88 bits per heavy atom. The summed E-state index contributed by atoms with van der Waals surface area (Å²) >= 11 is 0. The predicted molar refractivity (Wildman–Crippen MR) is 68.0 cm³/mol. The number of hydrogen-bond donors (Lipinski definition) is 2. The highest BCUT2D eigenvalue weighted by atomic mass is 32.2. The summed E-state index contributed by atoms with van der Waals surface area (Å²) in [6, 6.07) is 6.24. The number of nitrogens with one attached hydrogen (secondary N) is 1. The molecule has 1 aliphatic rings. The summed E-state index contributed by atoms with van der Waals surface area (Å²) in [5.41, 5.74) is 6.09. The van der Waals surface area contributed by atoms with Crippen molar-refractivity contribution in [2.45, 2.75) is 30.2 Å². The second kappa shape index (κ2) is 4.89. The molecule has 17 heavy (non-hydrogen) atoms. The standard InChI is InChI=1S/C12H16N2O2S/c13-10-6-8-12(9-7-10)17(15,16)14-11-4-2-1-3-5-11/h1-2,6-9,11,14H,3-5,13H2. The van der Waals surface area contributed by atoms with E-state index in [0.29, 0.717) is 5.69 Å². The molecule has 0 aliphatic heterocycles. The predicted octanol–water partition coefficient (Wildman–Crippen LogP) is 1.66. The van der Waals surface area contributed by atoms with Crippen LogP contribution in [0, 0.1) is 0 Å². The number of anilines is 1. The maximum Gasteiger partial charge on any atom is 0.240 e. The zero-order valence-electron chi connectivity index (χ0n) is 9.46. The Bertz CT molecular complexity index is 506. The molecule has 92 valence electrons. The van der Waals surface area contributed by atoms with Crippen LogP contribution in [0.15, 0.2) is 41.3 Å². The van der Waals surface area contributed by atoms with E-state index in [1.807, 2.05) is 6.08 Å². The van der Waals surface area contributed by atoms with Crippen LogP contribution >= 0.6 is 0 Å². The Morgan fingerprint density at radius 3 is 2.47 bits per heavy atom. The Kier molecular flexibility index (Phi) is 3.49. The van der Waals surface area contributed by atoms with Gasteiger partial charge in [0.1, 0.15) is 0 Å². The van der Waals surface area contributed by atoms with Crippen molar-refractivity contribution in [3.8, 4) is 0 Å². The quantitative estimate of drug-likeness (QED) is 0.634. The number of nitrogen functional groups attached to an aromatic ring is 1. The number of rotatable bonds is 3. The van der Waals surface area contributed by atoms with Crippen LogP contribution in [0.1, 0.15) is 19.3 Å². The van der Waals surface area contributed by atoms with Crippen molar-refractivity contribution in [2.24, 2.45) is 0 Å². The molecule has 0 heterocycles. The van der Waals surface area contributed by atoms with Gasteiger partial charge in [0, 0.05) is 11.7 Å². The van der Waals surface area contributed by atoms with Gasteiger partial charge < -0.3 is 5.73 Å². The molecule has 3 N–H and O–H groups in total. The van der Waals surface area contributed by atoms with Crippen molar-refractivity contribution in [1.29, 1.82) is 0 Å².